The summed E-state index contributed by atoms with van der Waals surface area (Å²) in [5.74, 6) is 0.0781. The summed E-state index contributed by atoms with van der Waals surface area (Å²) in [4.78, 5) is 12.0. The molecule has 0 saturated carbocycles. The Morgan fingerprint density at radius 1 is 1.00 bits per heavy atom. The molecule has 1 amide bonds. The molecule has 0 unspecified atom stereocenters. The Bertz CT molecular complexity index is 514. The monoisotopic (exact) mass is 283 g/mol. The molecule has 3 heteroatoms. The summed E-state index contributed by atoms with van der Waals surface area (Å²) >= 11 is 0. The molecule has 0 aliphatic rings. The zero-order valence-electron chi connectivity index (χ0n) is 12.6. The van der Waals surface area contributed by atoms with Crippen molar-refractivity contribution in [2.45, 2.75) is 25.9 Å². The standard InChI is InChI=1S/C18H22N2O/c1-3-19-18(21)14(2)20-17(15-10-6-4-7-11-15)16-12-8-5-9-13-16/h4-14,17,20H,3H2,1-2H3,(H,19,21)/p+1/t14-/m0/s1. The molecule has 0 radical (unpaired) electrons. The van der Waals surface area contributed by atoms with E-state index in [-0.39, 0.29) is 18.0 Å². The lowest BCUT2D eigenvalue weighted by Gasteiger charge is -2.20. The van der Waals surface area contributed by atoms with Crippen LogP contribution in [0, 0.1) is 0 Å². The Labute approximate surface area is 126 Å². The highest BCUT2D eigenvalue weighted by atomic mass is 16.2. The fourth-order valence-electron chi connectivity index (χ4n) is 2.45. The lowest BCUT2D eigenvalue weighted by Crippen LogP contribution is -2.92. The van der Waals surface area contributed by atoms with E-state index in [1.165, 1.54) is 11.1 Å². The molecule has 0 saturated heterocycles. The van der Waals surface area contributed by atoms with Crippen LogP contribution in [-0.4, -0.2) is 18.5 Å². The van der Waals surface area contributed by atoms with Crippen molar-refractivity contribution in [3.05, 3.63) is 71.8 Å². The first-order valence-electron chi connectivity index (χ1n) is 7.45. The van der Waals surface area contributed by atoms with Crippen LogP contribution >= 0.6 is 0 Å². The Kier molecular flexibility index (Phi) is 5.52. The lowest BCUT2D eigenvalue weighted by atomic mass is 9.98. The number of nitrogens with one attached hydrogen (secondary N) is 1. The molecule has 0 aliphatic heterocycles. The minimum Gasteiger partial charge on any atom is -0.351 e. The fraction of sp³-hybridized carbons (Fsp3) is 0.278. The molecule has 21 heavy (non-hydrogen) atoms. The molecule has 0 fully saturated rings. The molecule has 0 spiro atoms. The number of carbonyl (C=O) groups excluding carboxylic acids is 1. The van der Waals surface area contributed by atoms with Gasteiger partial charge in [0.1, 0.15) is 6.04 Å². The predicted octanol–water partition coefficient (Wildman–Crippen LogP) is 1.86. The van der Waals surface area contributed by atoms with Crippen molar-refractivity contribution in [1.29, 1.82) is 0 Å². The number of likely N-dealkylation sites (N-methyl/N-ethyl adjacent to an activating group) is 1. The molecule has 110 valence electrons. The molecule has 0 aromatic heterocycles. The van der Waals surface area contributed by atoms with E-state index in [2.05, 4.69) is 34.9 Å². The summed E-state index contributed by atoms with van der Waals surface area (Å²) in [6, 6.07) is 20.6. The fourth-order valence-corrected chi connectivity index (χ4v) is 2.45. The van der Waals surface area contributed by atoms with Crippen molar-refractivity contribution in [2.24, 2.45) is 0 Å². The van der Waals surface area contributed by atoms with Crippen LogP contribution in [0.2, 0.25) is 0 Å². The Balaban J connectivity index is 2.23. The van der Waals surface area contributed by atoms with E-state index in [0.29, 0.717) is 6.54 Å². The third-order valence-corrected chi connectivity index (χ3v) is 3.56. The zero-order valence-corrected chi connectivity index (χ0v) is 12.6. The van der Waals surface area contributed by atoms with Gasteiger partial charge >= 0.3 is 0 Å². The maximum absolute atomic E-state index is 12.0. The van der Waals surface area contributed by atoms with Gasteiger partial charge < -0.3 is 10.6 Å². The summed E-state index contributed by atoms with van der Waals surface area (Å²) < 4.78 is 0. The van der Waals surface area contributed by atoms with Gasteiger partial charge in [-0.25, -0.2) is 0 Å². The average molecular weight is 283 g/mol. The first kappa shape index (κ1) is 15.3. The molecular formula is C18H23N2O+. The quantitative estimate of drug-likeness (QED) is 0.835. The van der Waals surface area contributed by atoms with Gasteiger partial charge in [0.2, 0.25) is 0 Å². The van der Waals surface area contributed by atoms with E-state index >= 15 is 0 Å². The van der Waals surface area contributed by atoms with Crippen molar-refractivity contribution in [2.75, 3.05) is 6.54 Å². The van der Waals surface area contributed by atoms with E-state index in [9.17, 15) is 4.79 Å². The second kappa shape index (κ2) is 7.60. The van der Waals surface area contributed by atoms with Crippen LogP contribution < -0.4 is 10.6 Å². The van der Waals surface area contributed by atoms with Crippen LogP contribution in [0.25, 0.3) is 0 Å². The summed E-state index contributed by atoms with van der Waals surface area (Å²) in [5.41, 5.74) is 2.42. The number of carbonyl (C=O) groups is 1. The minimum absolute atomic E-state index is 0.0781. The summed E-state index contributed by atoms with van der Waals surface area (Å²) in [7, 11) is 0. The highest BCUT2D eigenvalue weighted by Crippen LogP contribution is 2.17. The molecular weight excluding hydrogens is 260 g/mol. The maximum Gasteiger partial charge on any atom is 0.277 e. The third kappa shape index (κ3) is 4.17. The normalized spacial score (nSPS) is 12.1. The zero-order chi connectivity index (χ0) is 15.1. The second-order valence-corrected chi connectivity index (χ2v) is 5.17. The number of amides is 1. The van der Waals surface area contributed by atoms with Crippen molar-refractivity contribution in [3.8, 4) is 0 Å². The van der Waals surface area contributed by atoms with E-state index in [0.717, 1.165) is 0 Å². The van der Waals surface area contributed by atoms with Crippen molar-refractivity contribution in [3.63, 3.8) is 0 Å². The van der Waals surface area contributed by atoms with Crippen LogP contribution in [0.3, 0.4) is 0 Å². The maximum atomic E-state index is 12.0. The van der Waals surface area contributed by atoms with Crippen molar-refractivity contribution < 1.29 is 10.1 Å². The highest BCUT2D eigenvalue weighted by molar-refractivity contribution is 5.79. The predicted molar refractivity (Wildman–Crippen MR) is 84.8 cm³/mol. The van der Waals surface area contributed by atoms with Crippen LogP contribution in [0.15, 0.2) is 60.7 Å². The van der Waals surface area contributed by atoms with Gasteiger partial charge in [0.15, 0.2) is 6.04 Å². The van der Waals surface area contributed by atoms with Gasteiger partial charge in [-0.2, -0.15) is 0 Å². The molecule has 2 aromatic carbocycles. The topological polar surface area (TPSA) is 45.7 Å². The first-order chi connectivity index (χ1) is 10.2. The molecule has 0 aliphatic carbocycles. The Hall–Kier alpha value is -2.13. The molecule has 0 bridgehead atoms. The van der Waals surface area contributed by atoms with Gasteiger partial charge in [-0.05, 0) is 13.8 Å². The number of hydrogen-bond donors (Lipinski definition) is 2. The lowest BCUT2D eigenvalue weighted by molar-refractivity contribution is -0.704. The summed E-state index contributed by atoms with van der Waals surface area (Å²) in [6.45, 7) is 4.55. The van der Waals surface area contributed by atoms with Gasteiger partial charge in [0, 0.05) is 17.7 Å². The first-order valence-corrected chi connectivity index (χ1v) is 7.45. The van der Waals surface area contributed by atoms with Crippen LogP contribution in [0.1, 0.15) is 31.0 Å². The number of rotatable bonds is 6. The largest absolute Gasteiger partial charge is 0.351 e. The Morgan fingerprint density at radius 3 is 1.90 bits per heavy atom. The average Bonchev–Trinajstić information content (AvgIpc) is 2.54. The molecule has 0 heterocycles. The number of benzene rings is 2. The van der Waals surface area contributed by atoms with Gasteiger partial charge in [-0.15, -0.1) is 0 Å². The van der Waals surface area contributed by atoms with Crippen molar-refractivity contribution in [1.82, 2.24) is 5.32 Å². The van der Waals surface area contributed by atoms with E-state index in [1.54, 1.807) is 0 Å². The minimum atomic E-state index is -0.129. The number of hydrogen-bond acceptors (Lipinski definition) is 1. The summed E-state index contributed by atoms with van der Waals surface area (Å²) in [6.07, 6.45) is 0. The number of nitrogens with two attached hydrogens (primary N) is 1. The van der Waals surface area contributed by atoms with Gasteiger partial charge in [-0.1, -0.05) is 60.7 Å². The molecule has 3 N–H and O–H groups in total. The Morgan fingerprint density at radius 2 is 1.48 bits per heavy atom. The SMILES string of the molecule is CCNC(=O)[C@H](C)[NH2+]C(c1ccccc1)c1ccccc1. The molecule has 2 aromatic rings. The smallest absolute Gasteiger partial charge is 0.277 e. The highest BCUT2D eigenvalue weighted by Gasteiger charge is 2.24. The third-order valence-electron chi connectivity index (χ3n) is 3.56. The van der Waals surface area contributed by atoms with Crippen LogP contribution in [-0.2, 0) is 4.79 Å². The molecule has 3 nitrogen and oxygen atoms in total. The van der Waals surface area contributed by atoms with E-state index in [1.807, 2.05) is 50.2 Å². The van der Waals surface area contributed by atoms with E-state index in [4.69, 9.17) is 0 Å². The van der Waals surface area contributed by atoms with Crippen LogP contribution in [0.5, 0.6) is 0 Å². The van der Waals surface area contributed by atoms with Gasteiger partial charge in [-0.3, -0.25) is 4.79 Å². The summed E-state index contributed by atoms with van der Waals surface area (Å²) in [5, 5.41) is 5.00. The van der Waals surface area contributed by atoms with E-state index < -0.39 is 0 Å². The number of quaternary nitrogens is 1. The second-order valence-electron chi connectivity index (χ2n) is 5.17. The molecule has 1 atom stereocenters. The van der Waals surface area contributed by atoms with Gasteiger partial charge in [0.05, 0.1) is 0 Å². The van der Waals surface area contributed by atoms with Crippen LogP contribution in [0.4, 0.5) is 0 Å². The van der Waals surface area contributed by atoms with Crippen molar-refractivity contribution >= 4 is 5.91 Å². The van der Waals surface area contributed by atoms with Gasteiger partial charge in [0.25, 0.3) is 5.91 Å². The molecule has 2 rings (SSSR count).